The number of piperidine rings is 2. The van der Waals surface area contributed by atoms with Gasteiger partial charge in [0.15, 0.2) is 0 Å². The Morgan fingerprint density at radius 3 is 2.25 bits per heavy atom. The number of esters is 1. The molecule has 2 aliphatic heterocycles. The Kier molecular flexibility index (Phi) is 8.58. The normalized spacial score (nSPS) is 19.1. The van der Waals surface area contributed by atoms with Crippen molar-refractivity contribution in [2.45, 2.75) is 32.1 Å². The van der Waals surface area contributed by atoms with E-state index in [1.54, 1.807) is 0 Å². The van der Waals surface area contributed by atoms with Crippen molar-refractivity contribution < 1.29 is 9.53 Å². The lowest BCUT2D eigenvalue weighted by atomic mass is 9.92. The summed E-state index contributed by atoms with van der Waals surface area (Å²) in [6.45, 7) is 5.36. The van der Waals surface area contributed by atoms with Gasteiger partial charge in [0, 0.05) is 24.3 Å². The third-order valence-corrected chi connectivity index (χ3v) is 6.13. The number of nitrogens with one attached hydrogen (secondary N) is 1. The predicted molar refractivity (Wildman–Crippen MR) is 115 cm³/mol. The van der Waals surface area contributed by atoms with E-state index in [4.69, 9.17) is 15.9 Å². The second kappa shape index (κ2) is 10.7. The van der Waals surface area contributed by atoms with Crippen LogP contribution in [0.4, 0.5) is 5.69 Å². The minimum atomic E-state index is -0.0432. The first-order chi connectivity index (χ1) is 13.1. The molecule has 0 unspecified atom stereocenters. The molecule has 2 fully saturated rings. The molecule has 1 aromatic rings. The molecule has 0 aliphatic carbocycles. The first kappa shape index (κ1) is 22.5. The molecule has 2 aliphatic rings. The molecule has 0 aromatic heterocycles. The van der Waals surface area contributed by atoms with Gasteiger partial charge in [-0.25, -0.2) is 0 Å². The summed E-state index contributed by atoms with van der Waals surface area (Å²) in [6.07, 6.45) is 5.57. The number of carbonyl (C=O) groups is 1. The van der Waals surface area contributed by atoms with Gasteiger partial charge in [0.05, 0.1) is 13.0 Å². The maximum absolute atomic E-state index is 11.6. The zero-order valence-electron chi connectivity index (χ0n) is 16.7. The molecule has 28 heavy (non-hydrogen) atoms. The summed E-state index contributed by atoms with van der Waals surface area (Å²) < 4.78 is 4.87. The first-order valence-electron chi connectivity index (χ1n) is 10.1. The number of nitrogen functional groups attached to an aromatic ring is 1. The molecule has 0 amide bonds. The zero-order chi connectivity index (χ0) is 19.2. The van der Waals surface area contributed by atoms with Gasteiger partial charge in [-0.15, -0.1) is 12.4 Å². The average Bonchev–Trinajstić information content (AvgIpc) is 2.72. The fourth-order valence-electron chi connectivity index (χ4n) is 4.26. The minimum absolute atomic E-state index is 0. The molecule has 0 saturated carbocycles. The first-order valence-corrected chi connectivity index (χ1v) is 10.1. The van der Waals surface area contributed by atoms with Gasteiger partial charge in [-0.2, -0.15) is 0 Å². The summed E-state index contributed by atoms with van der Waals surface area (Å²) in [6, 6.07) is 8.01. The Morgan fingerprint density at radius 2 is 1.71 bits per heavy atom. The molecule has 1 aromatic carbocycles. The van der Waals surface area contributed by atoms with Crippen LogP contribution in [-0.2, 0) is 9.53 Å². The molecule has 0 spiro atoms. The van der Waals surface area contributed by atoms with Crippen LogP contribution in [0.3, 0.4) is 0 Å². The Labute approximate surface area is 174 Å². The third-order valence-electron chi connectivity index (χ3n) is 6.13. The number of halogens is 1. The van der Waals surface area contributed by atoms with E-state index >= 15 is 0 Å². The standard InChI is InChI=1S/C21H32N4O2.ClH/c1-27-21(26)18-9-12-24(13-10-18)11-6-16-7-14-25(15-8-16)19-4-2-17(3-5-19)20(22)23;/h2-5,16,18H,6-15H2,1H3,(H3,22,23);1H. The zero-order valence-corrected chi connectivity index (χ0v) is 17.5. The van der Waals surface area contributed by atoms with Crippen molar-refractivity contribution in [3.63, 3.8) is 0 Å². The molecule has 156 valence electrons. The largest absolute Gasteiger partial charge is 0.469 e. The van der Waals surface area contributed by atoms with Gasteiger partial charge < -0.3 is 20.3 Å². The van der Waals surface area contributed by atoms with Crippen molar-refractivity contribution in [1.82, 2.24) is 4.90 Å². The molecule has 3 N–H and O–H groups in total. The SMILES string of the molecule is COC(=O)C1CCN(CCC2CCN(c3ccc(C(=N)N)cc3)CC2)CC1.Cl. The molecule has 7 heteroatoms. The number of rotatable bonds is 6. The van der Waals surface area contributed by atoms with E-state index in [-0.39, 0.29) is 30.1 Å². The third kappa shape index (κ3) is 5.85. The fourth-order valence-corrected chi connectivity index (χ4v) is 4.26. The summed E-state index contributed by atoms with van der Waals surface area (Å²) in [5.74, 6) is 0.967. The number of nitrogens with two attached hydrogens (primary N) is 1. The van der Waals surface area contributed by atoms with E-state index in [1.165, 1.54) is 32.1 Å². The van der Waals surface area contributed by atoms with Crippen LogP contribution < -0.4 is 10.6 Å². The average molecular weight is 409 g/mol. The smallest absolute Gasteiger partial charge is 0.308 e. The van der Waals surface area contributed by atoms with Gasteiger partial charge in [0.1, 0.15) is 5.84 Å². The van der Waals surface area contributed by atoms with Crippen LogP contribution >= 0.6 is 12.4 Å². The van der Waals surface area contributed by atoms with E-state index in [2.05, 4.69) is 21.9 Å². The van der Waals surface area contributed by atoms with E-state index in [0.29, 0.717) is 0 Å². The monoisotopic (exact) mass is 408 g/mol. The molecule has 0 atom stereocenters. The Morgan fingerprint density at radius 1 is 1.11 bits per heavy atom. The number of likely N-dealkylation sites (tertiary alicyclic amines) is 1. The van der Waals surface area contributed by atoms with Gasteiger partial charge in [-0.3, -0.25) is 10.2 Å². The lowest BCUT2D eigenvalue weighted by molar-refractivity contribution is -0.147. The van der Waals surface area contributed by atoms with E-state index in [1.807, 2.05) is 12.1 Å². The summed E-state index contributed by atoms with van der Waals surface area (Å²) in [5, 5.41) is 7.49. The van der Waals surface area contributed by atoms with E-state index < -0.39 is 0 Å². The summed E-state index contributed by atoms with van der Waals surface area (Å²) in [4.78, 5) is 16.6. The number of hydrogen-bond donors (Lipinski definition) is 2. The summed E-state index contributed by atoms with van der Waals surface area (Å²) >= 11 is 0. The summed E-state index contributed by atoms with van der Waals surface area (Å²) in [7, 11) is 1.48. The topological polar surface area (TPSA) is 82.7 Å². The molecule has 3 rings (SSSR count). The Hall–Kier alpha value is -1.79. The highest BCUT2D eigenvalue weighted by molar-refractivity contribution is 5.95. The van der Waals surface area contributed by atoms with Crippen LogP contribution in [0.25, 0.3) is 0 Å². The van der Waals surface area contributed by atoms with E-state index in [0.717, 1.165) is 57.0 Å². The van der Waals surface area contributed by atoms with Crippen LogP contribution in [0.5, 0.6) is 0 Å². The van der Waals surface area contributed by atoms with Crippen molar-refractivity contribution in [2.75, 3.05) is 44.7 Å². The highest BCUT2D eigenvalue weighted by Crippen LogP contribution is 2.26. The van der Waals surface area contributed by atoms with Crippen LogP contribution in [0.15, 0.2) is 24.3 Å². The van der Waals surface area contributed by atoms with Crippen molar-refractivity contribution in [3.8, 4) is 0 Å². The molecule has 0 bridgehead atoms. The highest BCUT2D eigenvalue weighted by atomic mass is 35.5. The van der Waals surface area contributed by atoms with Gasteiger partial charge >= 0.3 is 5.97 Å². The second-order valence-electron chi connectivity index (χ2n) is 7.82. The number of amidine groups is 1. The lowest BCUT2D eigenvalue weighted by Gasteiger charge is -2.36. The number of benzene rings is 1. The highest BCUT2D eigenvalue weighted by Gasteiger charge is 2.26. The van der Waals surface area contributed by atoms with Crippen molar-refractivity contribution in [3.05, 3.63) is 29.8 Å². The number of anilines is 1. The van der Waals surface area contributed by atoms with Crippen LogP contribution in [0.2, 0.25) is 0 Å². The van der Waals surface area contributed by atoms with Gasteiger partial charge in [0.2, 0.25) is 0 Å². The number of methoxy groups -OCH3 is 1. The number of nitrogens with zero attached hydrogens (tertiary/aromatic N) is 2. The molecule has 2 saturated heterocycles. The quantitative estimate of drug-likeness (QED) is 0.429. The number of carbonyl (C=O) groups excluding carboxylic acids is 1. The van der Waals surface area contributed by atoms with Crippen molar-refractivity contribution in [1.29, 1.82) is 5.41 Å². The lowest BCUT2D eigenvalue weighted by Crippen LogP contribution is -2.39. The van der Waals surface area contributed by atoms with Crippen molar-refractivity contribution in [2.24, 2.45) is 17.6 Å². The van der Waals surface area contributed by atoms with Gasteiger partial charge in [-0.1, -0.05) is 0 Å². The molecule has 6 nitrogen and oxygen atoms in total. The van der Waals surface area contributed by atoms with Crippen molar-refractivity contribution >= 4 is 29.9 Å². The van der Waals surface area contributed by atoms with Gasteiger partial charge in [-0.05, 0) is 81.9 Å². The number of hydrogen-bond acceptors (Lipinski definition) is 5. The molecule has 0 radical (unpaired) electrons. The van der Waals surface area contributed by atoms with Crippen LogP contribution in [0.1, 0.15) is 37.7 Å². The van der Waals surface area contributed by atoms with Crippen LogP contribution in [-0.4, -0.2) is 56.5 Å². The van der Waals surface area contributed by atoms with Crippen LogP contribution in [0, 0.1) is 17.2 Å². The Bertz CT molecular complexity index is 636. The molecule has 2 heterocycles. The Balaban J connectivity index is 0.00000280. The predicted octanol–water partition coefficient (Wildman–Crippen LogP) is 2.88. The maximum atomic E-state index is 11.6. The molecular weight excluding hydrogens is 376 g/mol. The fraction of sp³-hybridized carbons (Fsp3) is 0.619. The molecular formula is C21H33ClN4O2. The maximum Gasteiger partial charge on any atom is 0.308 e. The minimum Gasteiger partial charge on any atom is -0.469 e. The second-order valence-corrected chi connectivity index (χ2v) is 7.82. The summed E-state index contributed by atoms with van der Waals surface area (Å²) in [5.41, 5.74) is 7.53. The van der Waals surface area contributed by atoms with Gasteiger partial charge in [0.25, 0.3) is 0 Å². The number of ether oxygens (including phenoxy) is 1. The van der Waals surface area contributed by atoms with E-state index in [9.17, 15) is 4.79 Å².